The molecule has 0 bridgehead atoms. The fourth-order valence-corrected chi connectivity index (χ4v) is 2.20. The molecule has 0 amide bonds. The number of aliphatic imine (C=N–C) groups is 1. The molecule has 0 unspecified atom stereocenters. The molecule has 1 N–H and O–H groups in total. The maximum absolute atomic E-state index is 5.60. The summed E-state index contributed by atoms with van der Waals surface area (Å²) in [5.74, 6) is 1.60. The second-order valence-electron chi connectivity index (χ2n) is 5.21. The van der Waals surface area contributed by atoms with Crippen molar-refractivity contribution in [3.05, 3.63) is 41.3 Å². The van der Waals surface area contributed by atoms with Gasteiger partial charge in [0.1, 0.15) is 11.3 Å². The molecule has 1 aliphatic heterocycles. The van der Waals surface area contributed by atoms with Gasteiger partial charge in [0.15, 0.2) is 5.90 Å². The van der Waals surface area contributed by atoms with Gasteiger partial charge in [0.2, 0.25) is 0 Å². The molecule has 0 spiro atoms. The topological polar surface area (TPSA) is 33.6 Å². The first-order chi connectivity index (χ1) is 8.38. The summed E-state index contributed by atoms with van der Waals surface area (Å²) in [6.07, 6.45) is 0. The molecular formula is C15H20N2O. The fourth-order valence-electron chi connectivity index (χ4n) is 2.20. The smallest absolute Gasteiger partial charge is 0.187 e. The van der Waals surface area contributed by atoms with Crippen LogP contribution in [-0.2, 0) is 4.74 Å². The molecule has 1 aromatic carbocycles. The van der Waals surface area contributed by atoms with Crippen LogP contribution < -0.4 is 5.32 Å². The Morgan fingerprint density at radius 3 is 2.22 bits per heavy atom. The van der Waals surface area contributed by atoms with Crippen molar-refractivity contribution >= 4 is 11.6 Å². The summed E-state index contributed by atoms with van der Waals surface area (Å²) in [5, 5.41) is 3.42. The molecule has 0 aromatic heterocycles. The van der Waals surface area contributed by atoms with Gasteiger partial charge in [-0.3, -0.25) is 0 Å². The molecule has 96 valence electrons. The lowest BCUT2D eigenvalue weighted by Gasteiger charge is -2.31. The van der Waals surface area contributed by atoms with Crippen LogP contribution in [0.25, 0.3) is 0 Å². The largest absolute Gasteiger partial charge is 0.446 e. The van der Waals surface area contributed by atoms with E-state index in [1.807, 2.05) is 13.8 Å². The quantitative estimate of drug-likeness (QED) is 0.857. The Balaban J connectivity index is 2.28. The van der Waals surface area contributed by atoms with E-state index < -0.39 is 0 Å². The minimum atomic E-state index is -0.280. The maximum Gasteiger partial charge on any atom is 0.187 e. The van der Waals surface area contributed by atoms with Crippen molar-refractivity contribution in [3.63, 3.8) is 0 Å². The number of aryl methyl sites for hydroxylation is 1. The Morgan fingerprint density at radius 1 is 1.06 bits per heavy atom. The highest BCUT2D eigenvalue weighted by atomic mass is 16.5. The summed E-state index contributed by atoms with van der Waals surface area (Å²) in [5.41, 5.74) is 3.04. The average Bonchev–Trinajstić information content (AvgIpc) is 2.25. The Kier molecular flexibility index (Phi) is 3.16. The van der Waals surface area contributed by atoms with Crippen molar-refractivity contribution in [1.82, 2.24) is 0 Å². The van der Waals surface area contributed by atoms with E-state index in [2.05, 4.69) is 55.3 Å². The van der Waals surface area contributed by atoms with Crippen LogP contribution in [-0.4, -0.2) is 11.4 Å². The molecule has 3 heteroatoms. The van der Waals surface area contributed by atoms with Crippen LogP contribution in [0.2, 0.25) is 0 Å². The van der Waals surface area contributed by atoms with Gasteiger partial charge >= 0.3 is 0 Å². The van der Waals surface area contributed by atoms with Crippen LogP contribution in [0.5, 0.6) is 0 Å². The predicted molar refractivity (Wildman–Crippen MR) is 75.8 cm³/mol. The molecule has 0 saturated carbocycles. The van der Waals surface area contributed by atoms with Crippen LogP contribution in [0.4, 0.5) is 5.69 Å². The third kappa shape index (κ3) is 2.55. The zero-order valence-corrected chi connectivity index (χ0v) is 11.7. The number of hydrogen-bond donors (Lipinski definition) is 1. The van der Waals surface area contributed by atoms with Gasteiger partial charge in [0.05, 0.1) is 5.70 Å². The third-order valence-corrected chi connectivity index (χ3v) is 3.02. The summed E-state index contributed by atoms with van der Waals surface area (Å²) in [7, 11) is 0. The van der Waals surface area contributed by atoms with Gasteiger partial charge in [-0.05, 0) is 39.8 Å². The first-order valence-corrected chi connectivity index (χ1v) is 6.18. The number of rotatable bonds is 2. The van der Waals surface area contributed by atoms with Crippen LogP contribution in [0, 0.1) is 6.92 Å². The van der Waals surface area contributed by atoms with E-state index in [9.17, 15) is 0 Å². The zero-order valence-electron chi connectivity index (χ0n) is 11.7. The summed E-state index contributed by atoms with van der Waals surface area (Å²) in [4.78, 5) is 4.53. The average molecular weight is 244 g/mol. The highest BCUT2D eigenvalue weighted by molar-refractivity contribution is 5.77. The predicted octanol–water partition coefficient (Wildman–Crippen LogP) is 3.87. The molecule has 18 heavy (non-hydrogen) atoms. The number of allylic oxidation sites excluding steroid dienone is 1. The van der Waals surface area contributed by atoms with Crippen LogP contribution >= 0.6 is 0 Å². The monoisotopic (exact) mass is 244 g/mol. The Hall–Kier alpha value is -1.77. The second-order valence-corrected chi connectivity index (χ2v) is 5.21. The molecule has 2 rings (SSSR count). The van der Waals surface area contributed by atoms with E-state index in [1.54, 1.807) is 0 Å². The third-order valence-electron chi connectivity index (χ3n) is 3.02. The van der Waals surface area contributed by atoms with Crippen LogP contribution in [0.3, 0.4) is 0 Å². The lowest BCUT2D eigenvalue weighted by molar-refractivity contribution is 0.363. The van der Waals surface area contributed by atoms with E-state index in [4.69, 9.17) is 4.74 Å². The van der Waals surface area contributed by atoms with Crippen molar-refractivity contribution in [2.45, 2.75) is 40.2 Å². The van der Waals surface area contributed by atoms with E-state index in [1.165, 1.54) is 5.56 Å². The number of benzene rings is 1. The molecule has 0 saturated heterocycles. The molecular weight excluding hydrogens is 224 g/mol. The lowest BCUT2D eigenvalue weighted by atomic mass is 9.98. The van der Waals surface area contributed by atoms with Gasteiger partial charge in [-0.15, -0.1) is 0 Å². The summed E-state index contributed by atoms with van der Waals surface area (Å²) >= 11 is 0. The van der Waals surface area contributed by atoms with Crippen LogP contribution in [0.1, 0.15) is 33.3 Å². The molecule has 0 radical (unpaired) electrons. The number of nitrogens with one attached hydrogen (secondary N) is 1. The van der Waals surface area contributed by atoms with Gasteiger partial charge in [-0.1, -0.05) is 17.7 Å². The summed E-state index contributed by atoms with van der Waals surface area (Å²) in [6.45, 7) is 10.1. The summed E-state index contributed by atoms with van der Waals surface area (Å²) < 4.78 is 5.60. The van der Waals surface area contributed by atoms with Crippen molar-refractivity contribution in [3.8, 4) is 0 Å². The lowest BCUT2D eigenvalue weighted by Crippen LogP contribution is -2.32. The number of nitrogens with zero attached hydrogens (tertiary/aromatic N) is 1. The normalized spacial score (nSPS) is 18.2. The van der Waals surface area contributed by atoms with Gasteiger partial charge in [-0.25, -0.2) is 4.99 Å². The molecule has 1 heterocycles. The zero-order chi connectivity index (χ0) is 13.3. The van der Waals surface area contributed by atoms with Crippen molar-refractivity contribution in [2.75, 3.05) is 5.32 Å². The van der Waals surface area contributed by atoms with E-state index in [0.29, 0.717) is 5.90 Å². The highest BCUT2D eigenvalue weighted by Gasteiger charge is 2.30. The van der Waals surface area contributed by atoms with Gasteiger partial charge in [0, 0.05) is 12.6 Å². The Morgan fingerprint density at radius 2 is 1.67 bits per heavy atom. The first kappa shape index (κ1) is 12.7. The number of hydrogen-bond acceptors (Lipinski definition) is 3. The van der Waals surface area contributed by atoms with Crippen molar-refractivity contribution in [2.24, 2.45) is 4.99 Å². The van der Waals surface area contributed by atoms with E-state index in [-0.39, 0.29) is 5.54 Å². The van der Waals surface area contributed by atoms with Crippen molar-refractivity contribution in [1.29, 1.82) is 0 Å². The molecule has 1 aromatic rings. The van der Waals surface area contributed by atoms with E-state index >= 15 is 0 Å². The van der Waals surface area contributed by atoms with Gasteiger partial charge in [0.25, 0.3) is 0 Å². The minimum Gasteiger partial charge on any atom is -0.446 e. The van der Waals surface area contributed by atoms with Crippen molar-refractivity contribution < 1.29 is 4.74 Å². The standard InChI is InChI=1S/C15H20N2O/c1-10-6-8-13(9-7-10)16-14-11(2)18-12(3)17-15(14,4)5/h6-9,16H,1-5H3. The molecule has 0 atom stereocenters. The number of ether oxygens (including phenoxy) is 1. The molecule has 1 aliphatic rings. The summed E-state index contributed by atoms with van der Waals surface area (Å²) in [6, 6.07) is 8.31. The Labute approximate surface area is 109 Å². The van der Waals surface area contributed by atoms with Gasteiger partial charge in [-0.2, -0.15) is 0 Å². The Bertz CT molecular complexity index is 510. The number of anilines is 1. The molecule has 0 aliphatic carbocycles. The molecule has 3 nitrogen and oxygen atoms in total. The van der Waals surface area contributed by atoms with E-state index in [0.717, 1.165) is 17.1 Å². The molecule has 0 fully saturated rings. The maximum atomic E-state index is 5.60. The highest BCUT2D eigenvalue weighted by Crippen LogP contribution is 2.30. The SMILES string of the molecule is CC1=NC(C)(C)C(Nc2ccc(C)cc2)=C(C)O1. The van der Waals surface area contributed by atoms with Crippen LogP contribution in [0.15, 0.2) is 40.7 Å². The van der Waals surface area contributed by atoms with Gasteiger partial charge < -0.3 is 10.1 Å². The fraction of sp³-hybridized carbons (Fsp3) is 0.400. The second kappa shape index (κ2) is 4.48. The first-order valence-electron chi connectivity index (χ1n) is 6.18. The minimum absolute atomic E-state index is 0.280.